The van der Waals surface area contributed by atoms with Crippen LogP contribution in [0.3, 0.4) is 0 Å². The van der Waals surface area contributed by atoms with E-state index in [0.717, 1.165) is 11.1 Å². The molecule has 0 bridgehead atoms. The van der Waals surface area contributed by atoms with Crippen LogP contribution >= 0.6 is 0 Å². The van der Waals surface area contributed by atoms with Gasteiger partial charge in [0.1, 0.15) is 0 Å². The molecule has 0 unspecified atom stereocenters. The molecule has 1 aromatic heterocycles. The van der Waals surface area contributed by atoms with Crippen molar-refractivity contribution in [3.63, 3.8) is 0 Å². The van der Waals surface area contributed by atoms with Crippen molar-refractivity contribution in [1.29, 1.82) is 0 Å². The smallest absolute Gasteiger partial charge is 0.219 e. The minimum absolute atomic E-state index is 0.484. The van der Waals surface area contributed by atoms with E-state index in [1.54, 1.807) is 27.2 Å². The summed E-state index contributed by atoms with van der Waals surface area (Å²) < 4.78 is 5.06. The van der Waals surface area contributed by atoms with Crippen molar-refractivity contribution in [2.75, 3.05) is 7.11 Å². The zero-order chi connectivity index (χ0) is 10.1. The minimum atomic E-state index is -0.912. The molecule has 13 heavy (non-hydrogen) atoms. The van der Waals surface area contributed by atoms with Gasteiger partial charge in [0.15, 0.2) is 0 Å². The van der Waals surface area contributed by atoms with E-state index < -0.39 is 5.60 Å². The van der Waals surface area contributed by atoms with E-state index in [1.807, 2.05) is 13.0 Å². The Morgan fingerprint density at radius 1 is 1.46 bits per heavy atom. The van der Waals surface area contributed by atoms with Crippen molar-refractivity contribution < 1.29 is 9.84 Å². The van der Waals surface area contributed by atoms with E-state index >= 15 is 0 Å². The van der Waals surface area contributed by atoms with Crippen LogP contribution in [0.25, 0.3) is 0 Å². The number of aryl methyl sites for hydroxylation is 1. The van der Waals surface area contributed by atoms with Crippen LogP contribution in [0.15, 0.2) is 12.3 Å². The summed E-state index contributed by atoms with van der Waals surface area (Å²) in [5, 5.41) is 9.81. The molecule has 1 heterocycles. The highest BCUT2D eigenvalue weighted by atomic mass is 16.5. The lowest BCUT2D eigenvalue weighted by Gasteiger charge is -2.20. The molecule has 3 heteroatoms. The highest BCUT2D eigenvalue weighted by Gasteiger charge is 2.21. The summed E-state index contributed by atoms with van der Waals surface area (Å²) >= 11 is 0. The van der Waals surface area contributed by atoms with Crippen LogP contribution in [0, 0.1) is 6.92 Å². The number of hydrogen-bond acceptors (Lipinski definition) is 3. The fourth-order valence-electron chi connectivity index (χ4n) is 1.16. The Labute approximate surface area is 78.4 Å². The zero-order valence-electron chi connectivity index (χ0n) is 8.46. The van der Waals surface area contributed by atoms with Gasteiger partial charge in [-0.15, -0.1) is 0 Å². The van der Waals surface area contributed by atoms with E-state index in [2.05, 4.69) is 4.98 Å². The molecule has 0 fully saturated rings. The van der Waals surface area contributed by atoms with Crippen molar-refractivity contribution >= 4 is 0 Å². The Hall–Kier alpha value is -1.09. The Bertz CT molecular complexity index is 302. The number of aromatic nitrogens is 1. The van der Waals surface area contributed by atoms with Crippen LogP contribution in [0.4, 0.5) is 0 Å². The highest BCUT2D eigenvalue weighted by molar-refractivity contribution is 5.33. The first-order valence-corrected chi connectivity index (χ1v) is 4.18. The average Bonchev–Trinajstić information content (AvgIpc) is 2.03. The van der Waals surface area contributed by atoms with Gasteiger partial charge < -0.3 is 9.84 Å². The van der Waals surface area contributed by atoms with Crippen molar-refractivity contribution in [2.45, 2.75) is 26.4 Å². The van der Waals surface area contributed by atoms with Gasteiger partial charge in [0.2, 0.25) is 5.88 Å². The van der Waals surface area contributed by atoms with E-state index in [-0.39, 0.29) is 0 Å². The van der Waals surface area contributed by atoms with Crippen LogP contribution in [0.2, 0.25) is 0 Å². The third kappa shape index (κ3) is 2.18. The molecule has 0 radical (unpaired) electrons. The van der Waals surface area contributed by atoms with Gasteiger partial charge >= 0.3 is 0 Å². The third-order valence-corrected chi connectivity index (χ3v) is 1.84. The topological polar surface area (TPSA) is 42.4 Å². The highest BCUT2D eigenvalue weighted by Crippen LogP contribution is 2.27. The van der Waals surface area contributed by atoms with Gasteiger partial charge in [0.25, 0.3) is 0 Å². The van der Waals surface area contributed by atoms with Crippen LogP contribution < -0.4 is 4.74 Å². The number of pyridine rings is 1. The number of hydrogen-bond donors (Lipinski definition) is 1. The van der Waals surface area contributed by atoms with Crippen molar-refractivity contribution in [2.24, 2.45) is 0 Å². The van der Waals surface area contributed by atoms with Crippen LogP contribution in [0.1, 0.15) is 25.0 Å². The van der Waals surface area contributed by atoms with E-state index in [1.165, 1.54) is 0 Å². The monoisotopic (exact) mass is 181 g/mol. The van der Waals surface area contributed by atoms with Crippen molar-refractivity contribution in [3.05, 3.63) is 23.4 Å². The summed E-state index contributed by atoms with van der Waals surface area (Å²) in [6.45, 7) is 5.36. The number of nitrogens with zero attached hydrogens (tertiary/aromatic N) is 1. The second kappa shape index (κ2) is 3.34. The van der Waals surface area contributed by atoms with Crippen molar-refractivity contribution in [3.8, 4) is 5.88 Å². The maximum Gasteiger partial charge on any atom is 0.219 e. The molecule has 0 amide bonds. The first-order chi connectivity index (χ1) is 5.95. The van der Waals surface area contributed by atoms with Crippen LogP contribution in [-0.2, 0) is 5.60 Å². The quantitative estimate of drug-likeness (QED) is 0.754. The minimum Gasteiger partial charge on any atom is -0.481 e. The average molecular weight is 181 g/mol. The number of rotatable bonds is 2. The predicted molar refractivity (Wildman–Crippen MR) is 50.8 cm³/mol. The maximum absolute atomic E-state index is 9.81. The normalized spacial score (nSPS) is 11.5. The lowest BCUT2D eigenvalue weighted by atomic mass is 9.98. The summed E-state index contributed by atoms with van der Waals surface area (Å²) in [5.74, 6) is 0.484. The molecule has 0 aliphatic carbocycles. The van der Waals surface area contributed by atoms with Gasteiger partial charge in [-0.2, -0.15) is 0 Å². The molecule has 0 aliphatic rings. The van der Waals surface area contributed by atoms with Gasteiger partial charge in [-0.3, -0.25) is 0 Å². The largest absolute Gasteiger partial charge is 0.481 e. The van der Waals surface area contributed by atoms with Gasteiger partial charge in [-0.25, -0.2) is 4.98 Å². The molecule has 72 valence electrons. The predicted octanol–water partition coefficient (Wildman–Crippen LogP) is 1.63. The molecule has 3 nitrogen and oxygen atoms in total. The molecule has 1 aromatic rings. The van der Waals surface area contributed by atoms with Gasteiger partial charge in [0.05, 0.1) is 12.7 Å². The fraction of sp³-hybridized carbons (Fsp3) is 0.500. The molecule has 0 aliphatic heterocycles. The second-order valence-corrected chi connectivity index (χ2v) is 3.63. The summed E-state index contributed by atoms with van der Waals surface area (Å²) in [6, 6.07) is 1.88. The number of ether oxygens (including phenoxy) is 1. The Balaban J connectivity index is 3.24. The molecule has 0 saturated heterocycles. The summed E-state index contributed by atoms with van der Waals surface area (Å²) in [4.78, 5) is 4.08. The molecule has 1 rings (SSSR count). The molecule has 1 N–H and O–H groups in total. The number of methoxy groups -OCH3 is 1. The molecule has 0 atom stereocenters. The van der Waals surface area contributed by atoms with Gasteiger partial charge in [-0.1, -0.05) is 0 Å². The number of aliphatic hydroxyl groups is 1. The standard InChI is InChI=1S/C10H15NO2/c1-7-5-8(10(2,3)12)9(13-4)11-6-7/h5-6,12H,1-4H3. The van der Waals surface area contributed by atoms with Crippen LogP contribution in [0.5, 0.6) is 5.88 Å². The van der Waals surface area contributed by atoms with E-state index in [9.17, 15) is 5.11 Å². The first-order valence-electron chi connectivity index (χ1n) is 4.18. The molecular weight excluding hydrogens is 166 g/mol. The summed E-state index contributed by atoms with van der Waals surface area (Å²) in [7, 11) is 1.55. The Morgan fingerprint density at radius 2 is 2.08 bits per heavy atom. The third-order valence-electron chi connectivity index (χ3n) is 1.84. The fourth-order valence-corrected chi connectivity index (χ4v) is 1.16. The first kappa shape index (κ1) is 9.99. The molecule has 0 aromatic carbocycles. The molecule has 0 saturated carbocycles. The van der Waals surface area contributed by atoms with Gasteiger partial charge in [-0.05, 0) is 32.4 Å². The molecule has 0 spiro atoms. The lowest BCUT2D eigenvalue weighted by molar-refractivity contribution is 0.0748. The SMILES string of the molecule is COc1ncc(C)cc1C(C)(C)O. The van der Waals surface area contributed by atoms with Crippen LogP contribution in [-0.4, -0.2) is 17.2 Å². The van der Waals surface area contributed by atoms with Gasteiger partial charge in [0, 0.05) is 11.8 Å². The Morgan fingerprint density at radius 3 is 2.54 bits per heavy atom. The summed E-state index contributed by atoms with van der Waals surface area (Å²) in [6.07, 6.45) is 1.72. The Kier molecular flexibility index (Phi) is 2.57. The zero-order valence-corrected chi connectivity index (χ0v) is 8.46. The molecular formula is C10H15NO2. The second-order valence-electron chi connectivity index (χ2n) is 3.63. The maximum atomic E-state index is 9.81. The summed E-state index contributed by atoms with van der Waals surface area (Å²) in [5.41, 5.74) is 0.817. The van der Waals surface area contributed by atoms with E-state index in [0.29, 0.717) is 5.88 Å². The van der Waals surface area contributed by atoms with Crippen molar-refractivity contribution in [1.82, 2.24) is 4.98 Å². The van der Waals surface area contributed by atoms with E-state index in [4.69, 9.17) is 4.74 Å². The lowest BCUT2D eigenvalue weighted by Crippen LogP contribution is -2.17.